The van der Waals surface area contributed by atoms with Gasteiger partial charge in [-0.15, -0.1) is 11.3 Å². The Morgan fingerprint density at radius 1 is 1.62 bits per heavy atom. The second-order valence-electron chi connectivity index (χ2n) is 3.60. The molecule has 0 saturated heterocycles. The summed E-state index contributed by atoms with van der Waals surface area (Å²) < 4.78 is 2.75. The van der Waals surface area contributed by atoms with Gasteiger partial charge in [0.05, 0.1) is 27.1 Å². The molecule has 0 aliphatic heterocycles. The molecule has 0 aliphatic rings. The third-order valence-electron chi connectivity index (χ3n) is 2.44. The van der Waals surface area contributed by atoms with Crippen LogP contribution in [0.5, 0.6) is 0 Å². The van der Waals surface area contributed by atoms with Gasteiger partial charge in [0.15, 0.2) is 0 Å². The Kier molecular flexibility index (Phi) is 3.41. The number of hydrogen-bond donors (Lipinski definition) is 1. The van der Waals surface area contributed by atoms with Crippen molar-refractivity contribution >= 4 is 27.3 Å². The molecule has 86 valence electrons. The van der Waals surface area contributed by atoms with Gasteiger partial charge in [-0.3, -0.25) is 4.68 Å². The lowest BCUT2D eigenvalue weighted by Crippen LogP contribution is -2.07. The Morgan fingerprint density at radius 2 is 2.38 bits per heavy atom. The molecule has 1 atom stereocenters. The molecule has 1 N–H and O–H groups in total. The smallest absolute Gasteiger partial charge is 0.102 e. The summed E-state index contributed by atoms with van der Waals surface area (Å²) in [6.07, 6.45) is -0.0564. The Labute approximate surface area is 106 Å². The number of aliphatic hydroxyl groups excluding tert-OH is 1. The Balaban J connectivity index is 2.21. The van der Waals surface area contributed by atoms with Crippen molar-refractivity contribution in [3.63, 3.8) is 0 Å². The highest BCUT2D eigenvalue weighted by Crippen LogP contribution is 2.25. The molecule has 0 fully saturated rings. The lowest BCUT2D eigenvalue weighted by Gasteiger charge is -2.08. The van der Waals surface area contributed by atoms with Crippen molar-refractivity contribution in [2.45, 2.75) is 19.4 Å². The largest absolute Gasteiger partial charge is 0.386 e. The average Bonchev–Trinajstić information content (AvgIpc) is 2.83. The fraction of sp³-hybridized carbons (Fsp3) is 0.400. The van der Waals surface area contributed by atoms with Crippen LogP contribution in [0.25, 0.3) is 0 Å². The zero-order valence-corrected chi connectivity index (χ0v) is 11.4. The molecule has 0 saturated carbocycles. The zero-order valence-electron chi connectivity index (χ0n) is 9.01. The van der Waals surface area contributed by atoms with Crippen LogP contribution < -0.4 is 0 Å². The van der Waals surface area contributed by atoms with Crippen molar-refractivity contribution in [2.24, 2.45) is 7.05 Å². The fourth-order valence-corrected chi connectivity index (χ4v) is 2.67. The summed E-state index contributed by atoms with van der Waals surface area (Å²) in [7, 11) is 1.88. The number of thiazole rings is 1. The molecule has 0 amide bonds. The molecule has 2 aromatic rings. The number of aryl methyl sites for hydroxylation is 2. The van der Waals surface area contributed by atoms with Crippen LogP contribution in [0.15, 0.2) is 15.4 Å². The van der Waals surface area contributed by atoms with Gasteiger partial charge in [-0.05, 0) is 22.9 Å². The van der Waals surface area contributed by atoms with Crippen LogP contribution >= 0.6 is 27.3 Å². The minimum atomic E-state index is -0.572. The van der Waals surface area contributed by atoms with Gasteiger partial charge in [-0.1, -0.05) is 0 Å². The van der Waals surface area contributed by atoms with E-state index in [2.05, 4.69) is 26.0 Å². The van der Waals surface area contributed by atoms with Gasteiger partial charge >= 0.3 is 0 Å². The molecule has 6 heteroatoms. The Hall–Kier alpha value is -0.720. The third-order valence-corrected chi connectivity index (χ3v) is 4.08. The number of rotatable bonds is 3. The lowest BCUT2D eigenvalue weighted by molar-refractivity contribution is 0.171. The second kappa shape index (κ2) is 4.65. The number of aliphatic hydroxyl groups is 1. The fourth-order valence-electron chi connectivity index (χ4n) is 1.58. The van der Waals surface area contributed by atoms with Gasteiger partial charge in [0.2, 0.25) is 0 Å². The van der Waals surface area contributed by atoms with Gasteiger partial charge in [-0.25, -0.2) is 4.98 Å². The van der Waals surface area contributed by atoms with Gasteiger partial charge in [0, 0.05) is 18.8 Å². The van der Waals surface area contributed by atoms with Crippen LogP contribution in [-0.4, -0.2) is 19.9 Å². The summed E-state index contributed by atoms with van der Waals surface area (Å²) in [4.78, 5) is 4.10. The maximum absolute atomic E-state index is 10.0. The van der Waals surface area contributed by atoms with E-state index in [1.54, 1.807) is 10.2 Å². The van der Waals surface area contributed by atoms with Crippen LogP contribution in [-0.2, 0) is 13.5 Å². The van der Waals surface area contributed by atoms with Crippen molar-refractivity contribution < 1.29 is 5.11 Å². The molecular weight excluding hydrogens is 290 g/mol. The first-order chi connectivity index (χ1) is 7.59. The van der Waals surface area contributed by atoms with Crippen LogP contribution in [0.1, 0.15) is 23.2 Å². The molecule has 0 bridgehead atoms. The molecule has 2 rings (SSSR count). The second-order valence-corrected chi connectivity index (χ2v) is 5.11. The molecule has 4 nitrogen and oxygen atoms in total. The van der Waals surface area contributed by atoms with Crippen molar-refractivity contribution in [1.29, 1.82) is 0 Å². The summed E-state index contributed by atoms with van der Waals surface area (Å²) >= 11 is 4.97. The molecule has 1 unspecified atom stereocenters. The summed E-state index contributed by atoms with van der Waals surface area (Å²) in [5.74, 6) is 0. The monoisotopic (exact) mass is 301 g/mol. The molecular formula is C10H12BrN3OS. The predicted molar refractivity (Wildman–Crippen MR) is 66.4 cm³/mol. The molecule has 0 aromatic carbocycles. The highest BCUT2D eigenvalue weighted by atomic mass is 79.9. The quantitative estimate of drug-likeness (QED) is 0.946. The predicted octanol–water partition coefficient (Wildman–Crippen LogP) is 2.22. The van der Waals surface area contributed by atoms with Gasteiger partial charge < -0.3 is 5.11 Å². The average molecular weight is 302 g/mol. The van der Waals surface area contributed by atoms with E-state index in [0.717, 1.165) is 21.6 Å². The maximum atomic E-state index is 10.0. The topological polar surface area (TPSA) is 50.9 Å². The lowest BCUT2D eigenvalue weighted by atomic mass is 10.1. The first-order valence-electron chi connectivity index (χ1n) is 4.83. The summed E-state index contributed by atoms with van der Waals surface area (Å²) in [5, 5.41) is 16.2. The molecule has 0 spiro atoms. The highest BCUT2D eigenvalue weighted by molar-refractivity contribution is 9.10. The molecule has 2 aromatic heterocycles. The van der Waals surface area contributed by atoms with E-state index in [4.69, 9.17) is 0 Å². The highest BCUT2D eigenvalue weighted by Gasteiger charge is 2.17. The molecule has 0 radical (unpaired) electrons. The third kappa shape index (κ3) is 2.18. The van der Waals surface area contributed by atoms with Crippen LogP contribution in [0, 0.1) is 6.92 Å². The van der Waals surface area contributed by atoms with Crippen molar-refractivity contribution in [2.75, 3.05) is 0 Å². The van der Waals surface area contributed by atoms with Crippen molar-refractivity contribution in [3.8, 4) is 0 Å². The van der Waals surface area contributed by atoms with E-state index >= 15 is 0 Å². The van der Waals surface area contributed by atoms with E-state index in [9.17, 15) is 5.11 Å². The van der Waals surface area contributed by atoms with E-state index in [-0.39, 0.29) is 0 Å². The molecule has 2 heterocycles. The summed E-state index contributed by atoms with van der Waals surface area (Å²) in [6.45, 7) is 1.93. The summed E-state index contributed by atoms with van der Waals surface area (Å²) in [6, 6.07) is 0. The maximum Gasteiger partial charge on any atom is 0.102 e. The minimum Gasteiger partial charge on any atom is -0.386 e. The molecule has 0 aliphatic carbocycles. The Morgan fingerprint density at radius 3 is 2.88 bits per heavy atom. The summed E-state index contributed by atoms with van der Waals surface area (Å²) in [5.41, 5.74) is 4.36. The number of nitrogens with zero attached hydrogens (tertiary/aromatic N) is 3. The molecule has 16 heavy (non-hydrogen) atoms. The Bertz CT molecular complexity index is 480. The van der Waals surface area contributed by atoms with Crippen LogP contribution in [0.2, 0.25) is 0 Å². The van der Waals surface area contributed by atoms with Crippen LogP contribution in [0.3, 0.4) is 0 Å². The van der Waals surface area contributed by atoms with Gasteiger partial charge in [0.1, 0.15) is 6.10 Å². The zero-order chi connectivity index (χ0) is 11.7. The van der Waals surface area contributed by atoms with Crippen LogP contribution in [0.4, 0.5) is 0 Å². The standard InChI is InChI=1S/C10H12BrN3OS/c1-6-10(11)8(14(2)13-6)3-9(15)7-4-16-5-12-7/h4-5,9,15H,3H2,1-2H3. The van der Waals surface area contributed by atoms with Gasteiger partial charge in [-0.2, -0.15) is 5.10 Å². The number of aromatic nitrogens is 3. The normalized spacial score (nSPS) is 13.0. The minimum absolute atomic E-state index is 0.516. The van der Waals surface area contributed by atoms with E-state index in [1.165, 1.54) is 11.3 Å². The van der Waals surface area contributed by atoms with E-state index in [0.29, 0.717) is 6.42 Å². The SMILES string of the molecule is Cc1nn(C)c(CC(O)c2cscn2)c1Br. The first-order valence-corrected chi connectivity index (χ1v) is 6.57. The van der Waals surface area contributed by atoms with Gasteiger partial charge in [0.25, 0.3) is 0 Å². The van der Waals surface area contributed by atoms with E-state index in [1.807, 2.05) is 19.4 Å². The first kappa shape index (κ1) is 11.8. The number of halogens is 1. The van der Waals surface area contributed by atoms with E-state index < -0.39 is 6.10 Å². The van der Waals surface area contributed by atoms with Crippen molar-refractivity contribution in [1.82, 2.24) is 14.8 Å². The number of hydrogen-bond acceptors (Lipinski definition) is 4. The van der Waals surface area contributed by atoms with Crippen molar-refractivity contribution in [3.05, 3.63) is 32.4 Å².